The van der Waals surface area contributed by atoms with Gasteiger partial charge in [-0.1, -0.05) is 0 Å². The fourth-order valence-electron chi connectivity index (χ4n) is 0. The molecule has 7 heavy (non-hydrogen) atoms. The Morgan fingerprint density at radius 2 is 1.14 bits per heavy atom. The van der Waals surface area contributed by atoms with Crippen molar-refractivity contribution < 1.29 is 23.2 Å². The van der Waals surface area contributed by atoms with Gasteiger partial charge in [-0.05, 0) is 0 Å². The molecule has 0 aliphatic carbocycles. The van der Waals surface area contributed by atoms with Crippen LogP contribution in [0.15, 0.2) is 0 Å². The molecule has 0 bridgehead atoms. The molecule has 0 aromatic heterocycles. The third kappa shape index (κ3) is 60.0. The van der Waals surface area contributed by atoms with E-state index in [0.717, 1.165) is 0 Å². The van der Waals surface area contributed by atoms with Crippen LogP contribution in [0.5, 0.6) is 0 Å². The minimum absolute atomic E-state index is 0. The van der Waals surface area contributed by atoms with E-state index in [0.29, 0.717) is 0 Å². The molecule has 0 saturated carbocycles. The van der Waals surface area contributed by atoms with Gasteiger partial charge in [0.15, 0.2) is 0 Å². The normalized spacial score (nSPS) is 8.29. The molecule has 0 fully saturated rings. The summed E-state index contributed by atoms with van der Waals surface area (Å²) in [6.07, 6.45) is 0. The summed E-state index contributed by atoms with van der Waals surface area (Å²) in [7, 11) is -4.67. The summed E-state index contributed by atoms with van der Waals surface area (Å²) < 4.78 is 31.6. The van der Waals surface area contributed by atoms with Crippen molar-refractivity contribution in [3.63, 3.8) is 0 Å². The molecule has 0 aromatic carbocycles. The fraction of sp³-hybridized carbons (Fsp3) is 0. The van der Waals surface area contributed by atoms with Crippen LogP contribution in [0, 0.1) is 0 Å². The van der Waals surface area contributed by atoms with Crippen LogP contribution in [0.2, 0.25) is 0 Å². The van der Waals surface area contributed by atoms with Crippen LogP contribution in [0.1, 0.15) is 5.71 Å². The van der Waals surface area contributed by atoms with Gasteiger partial charge in [0.1, 0.15) is 0 Å². The maximum atomic E-state index is 8.74. The minimum atomic E-state index is -4.67. The van der Waals surface area contributed by atoms with Crippen LogP contribution in [-0.2, 0) is 10.4 Å². The zero-order valence-electron chi connectivity index (χ0n) is 7.53. The average Bonchev–Trinajstić information content (AvgIpc) is 0.722. The predicted octanol–water partition coefficient (Wildman–Crippen LogP) is -0.964. The van der Waals surface area contributed by atoms with Crippen LogP contribution in [0.25, 0.3) is 0 Å². The fourth-order valence-corrected chi connectivity index (χ4v) is 0. The summed E-state index contributed by atoms with van der Waals surface area (Å²) in [6, 6.07) is 0. The molecule has 7 heteroatoms. The van der Waals surface area contributed by atoms with Gasteiger partial charge >= 0.3 is 85.9 Å². The first kappa shape index (κ1) is 16.2. The summed E-state index contributed by atoms with van der Waals surface area (Å²) in [4.78, 5) is 0. The van der Waals surface area contributed by atoms with E-state index in [9.17, 15) is 0 Å². The van der Waals surface area contributed by atoms with Gasteiger partial charge in [0.05, 0.1) is 0 Å². The maximum Gasteiger partial charge on any atom is 2.00 e. The second-order valence-corrected chi connectivity index (χ2v) is 1.34. The van der Waals surface area contributed by atoms with Crippen LogP contribution < -0.4 is 0 Å². The van der Waals surface area contributed by atoms with Crippen molar-refractivity contribution in [3.8, 4) is 0 Å². The van der Waals surface area contributed by atoms with Crippen LogP contribution in [-0.4, -0.2) is 93.0 Å². The SMILES string of the molecule is O=S(=O)(O)O.[Ca+2].[Ca+2].[H-].[H-].[H-].[H-]. The van der Waals surface area contributed by atoms with Crippen LogP contribution in [0.3, 0.4) is 0 Å². The van der Waals surface area contributed by atoms with Crippen molar-refractivity contribution in [2.45, 2.75) is 0 Å². The average molecular weight is 182 g/mol. The van der Waals surface area contributed by atoms with E-state index in [-0.39, 0.29) is 81.2 Å². The summed E-state index contributed by atoms with van der Waals surface area (Å²) in [5.41, 5.74) is 0. The zero-order valence-corrected chi connectivity index (χ0v) is 8.77. The molecule has 0 amide bonds. The molecule has 0 spiro atoms. The molecule has 0 radical (unpaired) electrons. The first-order valence-electron chi connectivity index (χ1n) is 0.698. The molecular formula is H6Ca2O4S. The third-order valence-electron chi connectivity index (χ3n) is 0. The quantitative estimate of drug-likeness (QED) is 0.373. The van der Waals surface area contributed by atoms with Gasteiger partial charge in [-0.2, -0.15) is 8.42 Å². The van der Waals surface area contributed by atoms with Gasteiger partial charge in [0.2, 0.25) is 0 Å². The number of rotatable bonds is 0. The van der Waals surface area contributed by atoms with Gasteiger partial charge in [-0.15, -0.1) is 0 Å². The molecular weight excluding hydrogens is 176 g/mol. The minimum Gasteiger partial charge on any atom is -1.00 e. The zero-order chi connectivity index (χ0) is 4.50. The summed E-state index contributed by atoms with van der Waals surface area (Å²) in [5.74, 6) is 0. The second kappa shape index (κ2) is 6.51. The smallest absolute Gasteiger partial charge is 1.00 e. The van der Waals surface area contributed by atoms with Crippen LogP contribution >= 0.6 is 0 Å². The summed E-state index contributed by atoms with van der Waals surface area (Å²) >= 11 is 0. The molecule has 0 atom stereocenters. The Kier molecular flexibility index (Phi) is 15.1. The van der Waals surface area contributed by atoms with Gasteiger partial charge in [0, 0.05) is 0 Å². The first-order chi connectivity index (χ1) is 2.00. The first-order valence-corrected chi connectivity index (χ1v) is 2.10. The van der Waals surface area contributed by atoms with E-state index < -0.39 is 10.4 Å². The summed E-state index contributed by atoms with van der Waals surface area (Å²) in [5, 5.41) is 0. The molecule has 0 aliphatic rings. The standard InChI is InChI=1S/2Ca.H2O4S.4H/c;;1-5(2,3)4;;;;/h;;(H2,1,2,3,4);;;;/q2*+2;;4*-1. The van der Waals surface area contributed by atoms with Gasteiger partial charge < -0.3 is 5.71 Å². The van der Waals surface area contributed by atoms with E-state index >= 15 is 0 Å². The Labute approximate surface area is 107 Å². The third-order valence-corrected chi connectivity index (χ3v) is 0. The van der Waals surface area contributed by atoms with Crippen molar-refractivity contribution >= 4 is 85.9 Å². The van der Waals surface area contributed by atoms with Gasteiger partial charge in [-0.3, -0.25) is 9.11 Å². The van der Waals surface area contributed by atoms with Crippen molar-refractivity contribution in [2.75, 3.05) is 0 Å². The van der Waals surface area contributed by atoms with E-state index in [2.05, 4.69) is 0 Å². The molecule has 0 rings (SSSR count). The Morgan fingerprint density at radius 3 is 1.14 bits per heavy atom. The Morgan fingerprint density at radius 1 is 1.14 bits per heavy atom. The largest absolute Gasteiger partial charge is 2.00 e. The van der Waals surface area contributed by atoms with Crippen molar-refractivity contribution in [1.29, 1.82) is 0 Å². The topological polar surface area (TPSA) is 74.6 Å². The Balaban J connectivity index is -0.00000000533. The van der Waals surface area contributed by atoms with E-state index in [1.165, 1.54) is 0 Å². The molecule has 0 heterocycles. The second-order valence-electron chi connectivity index (χ2n) is 0.448. The van der Waals surface area contributed by atoms with Crippen molar-refractivity contribution in [1.82, 2.24) is 0 Å². The van der Waals surface area contributed by atoms with E-state index in [1.807, 2.05) is 0 Å². The maximum absolute atomic E-state index is 8.74. The van der Waals surface area contributed by atoms with Crippen molar-refractivity contribution in [2.24, 2.45) is 0 Å². The van der Waals surface area contributed by atoms with Crippen molar-refractivity contribution in [3.05, 3.63) is 0 Å². The molecule has 0 aliphatic heterocycles. The van der Waals surface area contributed by atoms with Gasteiger partial charge in [-0.25, -0.2) is 0 Å². The molecule has 2 N–H and O–H groups in total. The Bertz CT molecular complexity index is 103. The monoisotopic (exact) mass is 182 g/mol. The van der Waals surface area contributed by atoms with Crippen LogP contribution in [0.4, 0.5) is 0 Å². The van der Waals surface area contributed by atoms with Gasteiger partial charge in [0.25, 0.3) is 0 Å². The molecule has 40 valence electrons. The Hall–Kier alpha value is 2.39. The molecule has 0 saturated heterocycles. The molecule has 0 aromatic rings. The van der Waals surface area contributed by atoms with E-state index in [1.54, 1.807) is 0 Å². The van der Waals surface area contributed by atoms with E-state index in [4.69, 9.17) is 17.5 Å². The number of hydrogen-bond acceptors (Lipinski definition) is 2. The molecule has 0 unspecified atom stereocenters. The molecule has 4 nitrogen and oxygen atoms in total. The predicted molar refractivity (Wildman–Crippen MR) is 30.1 cm³/mol. The number of hydrogen-bond donors (Lipinski definition) is 2. The summed E-state index contributed by atoms with van der Waals surface area (Å²) in [6.45, 7) is 0.